The quantitative estimate of drug-likeness (QED) is 0.370. The predicted molar refractivity (Wildman–Crippen MR) is 126 cm³/mol. The molecule has 3 N–H and O–H groups in total. The molecule has 0 heterocycles. The Morgan fingerprint density at radius 1 is 1.03 bits per heavy atom. The summed E-state index contributed by atoms with van der Waals surface area (Å²) in [4.78, 5) is 15.1. The van der Waals surface area contributed by atoms with E-state index < -0.39 is 17.8 Å². The Kier molecular flexibility index (Phi) is 7.96. The molecular formula is C25H20ClF3N2O3. The molecule has 3 rings (SSSR count). The van der Waals surface area contributed by atoms with Crippen LogP contribution in [0.25, 0.3) is 11.1 Å². The summed E-state index contributed by atoms with van der Waals surface area (Å²) in [7, 11) is 0. The van der Waals surface area contributed by atoms with Crippen molar-refractivity contribution in [1.29, 1.82) is 0 Å². The standard InChI is InChI=1S/C25H20ClF3N2O3/c26-21-6-1-2-7-22(21)31-19(14-23(30)25(27,28)29)15-34-20-10-8-17(9-11-20)18-5-3-4-16(12-18)13-24(32)33/h1-12,14H,13,15,30H2,(H,32,33). The fourth-order valence-corrected chi connectivity index (χ4v) is 3.18. The summed E-state index contributed by atoms with van der Waals surface area (Å²) in [5.41, 5.74) is 6.40. The number of nitrogens with two attached hydrogens (primary N) is 1. The van der Waals surface area contributed by atoms with Gasteiger partial charge in [-0.05, 0) is 47.0 Å². The number of para-hydroxylation sites is 1. The van der Waals surface area contributed by atoms with Crippen LogP contribution in [0.5, 0.6) is 5.75 Å². The molecule has 0 aromatic heterocycles. The van der Waals surface area contributed by atoms with E-state index in [-0.39, 0.29) is 29.4 Å². The minimum absolute atomic E-state index is 0.0617. The van der Waals surface area contributed by atoms with E-state index in [1.54, 1.807) is 66.7 Å². The van der Waals surface area contributed by atoms with Gasteiger partial charge in [-0.15, -0.1) is 0 Å². The largest absolute Gasteiger partial charge is 0.487 e. The first-order valence-electron chi connectivity index (χ1n) is 10.0. The third-order valence-electron chi connectivity index (χ3n) is 4.62. The summed E-state index contributed by atoms with van der Waals surface area (Å²) in [5.74, 6) is -0.522. The topological polar surface area (TPSA) is 84.9 Å². The van der Waals surface area contributed by atoms with Gasteiger partial charge in [0.2, 0.25) is 0 Å². The third kappa shape index (κ3) is 7.11. The highest BCUT2D eigenvalue weighted by atomic mass is 35.5. The Bertz CT molecular complexity index is 1220. The smallest absolute Gasteiger partial charge is 0.430 e. The molecule has 34 heavy (non-hydrogen) atoms. The second-order valence-electron chi connectivity index (χ2n) is 7.24. The number of rotatable bonds is 8. The van der Waals surface area contributed by atoms with Gasteiger partial charge in [-0.3, -0.25) is 4.79 Å². The molecule has 0 spiro atoms. The first kappa shape index (κ1) is 24.9. The molecule has 3 aromatic rings. The lowest BCUT2D eigenvalue weighted by atomic mass is 10.0. The highest BCUT2D eigenvalue weighted by molar-refractivity contribution is 6.33. The molecule has 0 saturated heterocycles. The number of carboxylic acid groups (broad SMARTS) is 1. The number of allylic oxidation sites excluding steroid dienone is 1. The Balaban J connectivity index is 1.79. The first-order chi connectivity index (χ1) is 16.1. The lowest BCUT2D eigenvalue weighted by Gasteiger charge is -2.11. The van der Waals surface area contributed by atoms with Crippen molar-refractivity contribution in [3.8, 4) is 16.9 Å². The van der Waals surface area contributed by atoms with Crippen LogP contribution in [-0.4, -0.2) is 29.6 Å². The number of hydrogen-bond donors (Lipinski definition) is 2. The van der Waals surface area contributed by atoms with Gasteiger partial charge < -0.3 is 15.6 Å². The summed E-state index contributed by atoms with van der Waals surface area (Å²) in [5, 5.41) is 9.24. The van der Waals surface area contributed by atoms with E-state index in [2.05, 4.69) is 4.99 Å². The van der Waals surface area contributed by atoms with Gasteiger partial charge in [0.1, 0.15) is 18.1 Å². The number of aliphatic carboxylic acids is 1. The van der Waals surface area contributed by atoms with Gasteiger partial charge in [-0.1, -0.05) is 60.1 Å². The minimum atomic E-state index is -4.71. The summed E-state index contributed by atoms with van der Waals surface area (Å²) < 4.78 is 44.5. The highest BCUT2D eigenvalue weighted by Gasteiger charge is 2.31. The van der Waals surface area contributed by atoms with Gasteiger partial charge in [0.05, 0.1) is 22.8 Å². The van der Waals surface area contributed by atoms with Crippen LogP contribution in [-0.2, 0) is 11.2 Å². The molecule has 3 aromatic carbocycles. The summed E-state index contributed by atoms with van der Waals surface area (Å²) in [6, 6.07) is 20.4. The SMILES string of the molecule is NC(=CC(COc1ccc(-c2cccc(CC(=O)O)c2)cc1)=Nc1ccccc1Cl)C(F)(F)F. The van der Waals surface area contributed by atoms with E-state index in [1.807, 2.05) is 6.07 Å². The lowest BCUT2D eigenvalue weighted by molar-refractivity contribution is -0.136. The predicted octanol–water partition coefficient (Wildman–Crippen LogP) is 6.19. The molecule has 176 valence electrons. The van der Waals surface area contributed by atoms with Gasteiger partial charge in [0.15, 0.2) is 0 Å². The van der Waals surface area contributed by atoms with Gasteiger partial charge in [0.25, 0.3) is 0 Å². The van der Waals surface area contributed by atoms with Crippen LogP contribution in [0.2, 0.25) is 5.02 Å². The van der Waals surface area contributed by atoms with Gasteiger partial charge in [-0.25, -0.2) is 4.99 Å². The minimum Gasteiger partial charge on any atom is -0.487 e. The second kappa shape index (κ2) is 10.9. The van der Waals surface area contributed by atoms with Crippen LogP contribution in [0.1, 0.15) is 5.56 Å². The monoisotopic (exact) mass is 488 g/mol. The number of nitrogens with zero attached hydrogens (tertiary/aromatic N) is 1. The molecule has 0 saturated carbocycles. The zero-order valence-corrected chi connectivity index (χ0v) is 18.5. The van der Waals surface area contributed by atoms with Crippen molar-refractivity contribution in [3.63, 3.8) is 0 Å². The van der Waals surface area contributed by atoms with E-state index in [4.69, 9.17) is 27.2 Å². The zero-order valence-electron chi connectivity index (χ0n) is 17.7. The van der Waals surface area contributed by atoms with Crippen LogP contribution < -0.4 is 10.5 Å². The normalized spacial score (nSPS) is 12.5. The molecular weight excluding hydrogens is 469 g/mol. The maximum Gasteiger partial charge on any atom is 0.430 e. The van der Waals surface area contributed by atoms with Crippen LogP contribution >= 0.6 is 11.6 Å². The van der Waals surface area contributed by atoms with E-state index >= 15 is 0 Å². The van der Waals surface area contributed by atoms with Gasteiger partial charge in [0, 0.05) is 0 Å². The Morgan fingerprint density at radius 3 is 2.38 bits per heavy atom. The van der Waals surface area contributed by atoms with Gasteiger partial charge in [-0.2, -0.15) is 13.2 Å². The number of carboxylic acids is 1. The Hall–Kier alpha value is -3.78. The number of halogens is 4. The molecule has 0 aliphatic carbocycles. The van der Waals surface area contributed by atoms with Crippen molar-refractivity contribution in [2.75, 3.05) is 6.61 Å². The van der Waals surface area contributed by atoms with E-state index in [0.29, 0.717) is 17.4 Å². The maximum atomic E-state index is 12.9. The fraction of sp³-hybridized carbons (Fsp3) is 0.120. The summed E-state index contributed by atoms with van der Waals surface area (Å²) >= 11 is 6.07. The number of aliphatic imine (C=N–C) groups is 1. The summed E-state index contributed by atoms with van der Waals surface area (Å²) in [6.07, 6.45) is -4.08. The van der Waals surface area contributed by atoms with E-state index in [9.17, 15) is 18.0 Å². The lowest BCUT2D eigenvalue weighted by Crippen LogP contribution is -2.22. The molecule has 0 aliphatic rings. The average molecular weight is 489 g/mol. The van der Waals surface area contributed by atoms with Crippen LogP contribution in [0.3, 0.4) is 0 Å². The van der Waals surface area contributed by atoms with Crippen LogP contribution in [0.4, 0.5) is 18.9 Å². The highest BCUT2D eigenvalue weighted by Crippen LogP contribution is 2.27. The van der Waals surface area contributed by atoms with Crippen molar-refractivity contribution in [3.05, 3.63) is 95.2 Å². The molecule has 9 heteroatoms. The van der Waals surface area contributed by atoms with Crippen molar-refractivity contribution in [1.82, 2.24) is 0 Å². The molecule has 5 nitrogen and oxygen atoms in total. The summed E-state index contributed by atoms with van der Waals surface area (Å²) in [6.45, 7) is -0.282. The number of carbonyl (C=O) groups is 1. The van der Waals surface area contributed by atoms with Gasteiger partial charge >= 0.3 is 12.1 Å². The molecule has 0 aliphatic heterocycles. The third-order valence-corrected chi connectivity index (χ3v) is 4.94. The van der Waals surface area contributed by atoms with Crippen molar-refractivity contribution >= 4 is 29.0 Å². The van der Waals surface area contributed by atoms with Crippen LogP contribution in [0, 0.1) is 0 Å². The molecule has 0 unspecified atom stereocenters. The van der Waals surface area contributed by atoms with Crippen molar-refractivity contribution in [2.24, 2.45) is 10.7 Å². The van der Waals surface area contributed by atoms with Crippen LogP contribution in [0.15, 0.2) is 89.6 Å². The average Bonchev–Trinajstić information content (AvgIpc) is 2.78. The van der Waals surface area contributed by atoms with Crippen molar-refractivity contribution < 1.29 is 27.8 Å². The second-order valence-corrected chi connectivity index (χ2v) is 7.64. The van der Waals surface area contributed by atoms with E-state index in [0.717, 1.165) is 11.1 Å². The molecule has 0 radical (unpaired) electrons. The Morgan fingerprint density at radius 2 is 1.74 bits per heavy atom. The maximum absolute atomic E-state index is 12.9. The number of benzene rings is 3. The Labute approximate surface area is 199 Å². The number of ether oxygens (including phenoxy) is 1. The van der Waals surface area contributed by atoms with E-state index in [1.165, 1.54) is 0 Å². The number of hydrogen-bond acceptors (Lipinski definition) is 4. The number of alkyl halides is 3. The molecule has 0 bridgehead atoms. The zero-order chi connectivity index (χ0) is 24.7. The fourth-order valence-electron chi connectivity index (χ4n) is 3.00. The molecule has 0 amide bonds. The first-order valence-corrected chi connectivity index (χ1v) is 10.4. The molecule has 0 fully saturated rings. The van der Waals surface area contributed by atoms with Crippen molar-refractivity contribution in [2.45, 2.75) is 12.6 Å². The molecule has 0 atom stereocenters.